The predicted molar refractivity (Wildman–Crippen MR) is 62.5 cm³/mol. The molecular weight excluding hydrogens is 184 g/mol. The van der Waals surface area contributed by atoms with E-state index in [9.17, 15) is 4.79 Å². The first-order chi connectivity index (χ1) is 7.09. The van der Waals surface area contributed by atoms with Crippen molar-refractivity contribution in [2.45, 2.75) is 46.5 Å². The van der Waals surface area contributed by atoms with E-state index in [-0.39, 0.29) is 0 Å². The molecule has 0 aromatic rings. The fourth-order valence-corrected chi connectivity index (χ4v) is 3.37. The second kappa shape index (κ2) is 4.11. The Labute approximate surface area is 92.9 Å². The van der Waals surface area contributed by atoms with Gasteiger partial charge in [0.15, 0.2) is 0 Å². The van der Waals surface area contributed by atoms with Crippen LogP contribution in [0.4, 0.5) is 0 Å². The van der Waals surface area contributed by atoms with Crippen LogP contribution in [0.2, 0.25) is 0 Å². The van der Waals surface area contributed by atoms with E-state index < -0.39 is 0 Å². The van der Waals surface area contributed by atoms with Gasteiger partial charge in [-0.05, 0) is 43.9 Å². The summed E-state index contributed by atoms with van der Waals surface area (Å²) in [6.07, 6.45) is 6.58. The van der Waals surface area contributed by atoms with E-state index >= 15 is 0 Å². The van der Waals surface area contributed by atoms with Gasteiger partial charge in [-0.15, -0.1) is 0 Å². The van der Waals surface area contributed by atoms with Crippen LogP contribution in [0.5, 0.6) is 0 Å². The van der Waals surface area contributed by atoms with Gasteiger partial charge in [-0.3, -0.25) is 4.79 Å². The number of ketones is 1. The van der Waals surface area contributed by atoms with Crippen LogP contribution in [0.1, 0.15) is 46.5 Å². The molecule has 2 aliphatic rings. The molecule has 0 radical (unpaired) electrons. The Bertz CT molecular complexity index is 288. The fraction of sp³-hybridized carbons (Fsp3) is 0.786. The predicted octanol–water partition coefficient (Wildman–Crippen LogP) is 3.59. The SMILES string of the molecule is CC1=C[C@@H]2[C@H](CC1)C(=O)CC[C@H]2C(C)C. The summed E-state index contributed by atoms with van der Waals surface area (Å²) < 4.78 is 0. The minimum absolute atomic E-state index is 0.356. The summed E-state index contributed by atoms with van der Waals surface area (Å²) in [5.74, 6) is 2.89. The van der Waals surface area contributed by atoms with E-state index in [0.717, 1.165) is 31.6 Å². The quantitative estimate of drug-likeness (QED) is 0.599. The molecule has 0 unspecified atom stereocenters. The van der Waals surface area contributed by atoms with Crippen LogP contribution in [-0.4, -0.2) is 5.78 Å². The number of carbonyl (C=O) groups excluding carboxylic acids is 1. The minimum Gasteiger partial charge on any atom is -0.299 e. The highest BCUT2D eigenvalue weighted by Crippen LogP contribution is 2.43. The molecule has 15 heavy (non-hydrogen) atoms. The standard InChI is InChI=1S/C14H22O/c1-9(2)11-6-7-14(15)12-5-4-10(3)8-13(11)12/h8-9,11-13H,4-7H2,1-3H3/t11-,12-,13-/m0/s1. The van der Waals surface area contributed by atoms with Gasteiger partial charge in [-0.1, -0.05) is 25.5 Å². The van der Waals surface area contributed by atoms with Crippen LogP contribution in [0.25, 0.3) is 0 Å². The lowest BCUT2D eigenvalue weighted by molar-refractivity contribution is -0.128. The fourth-order valence-electron chi connectivity index (χ4n) is 3.37. The van der Waals surface area contributed by atoms with Crippen molar-refractivity contribution in [3.8, 4) is 0 Å². The van der Waals surface area contributed by atoms with Crippen molar-refractivity contribution in [1.29, 1.82) is 0 Å². The Morgan fingerprint density at radius 2 is 2.00 bits per heavy atom. The van der Waals surface area contributed by atoms with E-state index in [1.165, 1.54) is 5.57 Å². The number of allylic oxidation sites excluding steroid dienone is 2. The van der Waals surface area contributed by atoms with Crippen molar-refractivity contribution in [2.24, 2.45) is 23.7 Å². The molecule has 0 aromatic carbocycles. The third-order valence-corrected chi connectivity index (χ3v) is 4.28. The van der Waals surface area contributed by atoms with Crippen LogP contribution in [0, 0.1) is 23.7 Å². The molecule has 2 aliphatic carbocycles. The smallest absolute Gasteiger partial charge is 0.136 e. The minimum atomic E-state index is 0.356. The topological polar surface area (TPSA) is 17.1 Å². The first-order valence-corrected chi connectivity index (χ1v) is 6.29. The monoisotopic (exact) mass is 206 g/mol. The maximum Gasteiger partial charge on any atom is 0.136 e. The molecule has 84 valence electrons. The molecule has 3 atom stereocenters. The van der Waals surface area contributed by atoms with E-state index in [1.54, 1.807) is 0 Å². The van der Waals surface area contributed by atoms with Crippen molar-refractivity contribution in [2.75, 3.05) is 0 Å². The number of fused-ring (bicyclic) bond motifs is 1. The summed E-state index contributed by atoms with van der Waals surface area (Å²) in [5.41, 5.74) is 1.50. The highest BCUT2D eigenvalue weighted by Gasteiger charge is 2.39. The second-order valence-corrected chi connectivity index (χ2v) is 5.65. The Hall–Kier alpha value is -0.590. The lowest BCUT2D eigenvalue weighted by Gasteiger charge is -2.40. The van der Waals surface area contributed by atoms with Crippen molar-refractivity contribution in [3.05, 3.63) is 11.6 Å². The Kier molecular flexibility index (Phi) is 2.99. The molecule has 0 bridgehead atoms. The highest BCUT2D eigenvalue weighted by molar-refractivity contribution is 5.82. The highest BCUT2D eigenvalue weighted by atomic mass is 16.1. The van der Waals surface area contributed by atoms with Gasteiger partial charge < -0.3 is 0 Å². The molecule has 1 saturated carbocycles. The van der Waals surface area contributed by atoms with Gasteiger partial charge in [0, 0.05) is 12.3 Å². The lowest BCUT2D eigenvalue weighted by atomic mass is 9.63. The molecule has 0 heterocycles. The summed E-state index contributed by atoms with van der Waals surface area (Å²) in [7, 11) is 0. The number of carbonyl (C=O) groups is 1. The molecular formula is C14H22O. The van der Waals surface area contributed by atoms with Crippen LogP contribution >= 0.6 is 0 Å². The summed E-state index contributed by atoms with van der Waals surface area (Å²) in [6, 6.07) is 0. The maximum atomic E-state index is 11.9. The van der Waals surface area contributed by atoms with Gasteiger partial charge in [-0.2, -0.15) is 0 Å². The summed E-state index contributed by atoms with van der Waals surface area (Å²) >= 11 is 0. The Morgan fingerprint density at radius 3 is 2.67 bits per heavy atom. The maximum absolute atomic E-state index is 11.9. The number of hydrogen-bond donors (Lipinski definition) is 0. The van der Waals surface area contributed by atoms with Crippen LogP contribution in [0.15, 0.2) is 11.6 Å². The normalized spacial score (nSPS) is 36.4. The third kappa shape index (κ3) is 2.02. The van der Waals surface area contributed by atoms with Gasteiger partial charge in [0.25, 0.3) is 0 Å². The van der Waals surface area contributed by atoms with Crippen molar-refractivity contribution in [1.82, 2.24) is 0 Å². The molecule has 0 amide bonds. The summed E-state index contributed by atoms with van der Waals surface area (Å²) in [6.45, 7) is 6.82. The molecule has 0 saturated heterocycles. The van der Waals surface area contributed by atoms with Crippen molar-refractivity contribution >= 4 is 5.78 Å². The molecule has 0 N–H and O–H groups in total. The van der Waals surface area contributed by atoms with Gasteiger partial charge >= 0.3 is 0 Å². The first-order valence-electron chi connectivity index (χ1n) is 6.29. The largest absolute Gasteiger partial charge is 0.299 e. The number of Topliss-reactive ketones (excluding diaryl/α,β-unsaturated/α-hetero) is 1. The number of hydrogen-bond acceptors (Lipinski definition) is 1. The van der Waals surface area contributed by atoms with Gasteiger partial charge in [0.2, 0.25) is 0 Å². The lowest BCUT2D eigenvalue weighted by Crippen LogP contribution is -2.38. The van der Waals surface area contributed by atoms with E-state index in [0.29, 0.717) is 23.5 Å². The average molecular weight is 206 g/mol. The van der Waals surface area contributed by atoms with Crippen molar-refractivity contribution < 1.29 is 4.79 Å². The summed E-state index contributed by atoms with van der Waals surface area (Å²) in [4.78, 5) is 11.9. The van der Waals surface area contributed by atoms with E-state index in [1.807, 2.05) is 0 Å². The third-order valence-electron chi connectivity index (χ3n) is 4.28. The molecule has 2 rings (SSSR count). The Morgan fingerprint density at radius 1 is 1.27 bits per heavy atom. The first kappa shape index (κ1) is 10.9. The molecule has 0 spiro atoms. The molecule has 1 fully saturated rings. The van der Waals surface area contributed by atoms with Crippen LogP contribution < -0.4 is 0 Å². The van der Waals surface area contributed by atoms with Gasteiger partial charge in [-0.25, -0.2) is 0 Å². The average Bonchev–Trinajstić information content (AvgIpc) is 2.17. The molecule has 0 aliphatic heterocycles. The number of rotatable bonds is 1. The zero-order chi connectivity index (χ0) is 11.0. The van der Waals surface area contributed by atoms with E-state index in [2.05, 4.69) is 26.8 Å². The molecule has 1 nitrogen and oxygen atoms in total. The van der Waals surface area contributed by atoms with Gasteiger partial charge in [0.05, 0.1) is 0 Å². The van der Waals surface area contributed by atoms with Crippen molar-refractivity contribution in [3.63, 3.8) is 0 Å². The zero-order valence-electron chi connectivity index (χ0n) is 10.1. The second-order valence-electron chi connectivity index (χ2n) is 5.65. The molecule has 1 heteroatoms. The summed E-state index contributed by atoms with van der Waals surface area (Å²) in [5, 5.41) is 0. The van der Waals surface area contributed by atoms with Crippen LogP contribution in [-0.2, 0) is 4.79 Å². The van der Waals surface area contributed by atoms with E-state index in [4.69, 9.17) is 0 Å². The Balaban J connectivity index is 2.24. The zero-order valence-corrected chi connectivity index (χ0v) is 10.1. The van der Waals surface area contributed by atoms with Crippen LogP contribution in [0.3, 0.4) is 0 Å². The van der Waals surface area contributed by atoms with Gasteiger partial charge in [0.1, 0.15) is 5.78 Å². The molecule has 0 aromatic heterocycles.